The summed E-state index contributed by atoms with van der Waals surface area (Å²) in [6, 6.07) is 6.55. The first kappa shape index (κ1) is 14.7. The highest BCUT2D eigenvalue weighted by Crippen LogP contribution is 2.32. The summed E-state index contributed by atoms with van der Waals surface area (Å²) in [5.41, 5.74) is 2.55. The smallest absolute Gasteiger partial charge is 0.143 e. The number of rotatable bonds is 3. The van der Waals surface area contributed by atoms with Crippen molar-refractivity contribution >= 4 is 5.69 Å². The lowest BCUT2D eigenvalue weighted by atomic mass is 10.1. The quantitative estimate of drug-likeness (QED) is 0.926. The molecule has 1 N–H and O–H groups in total. The van der Waals surface area contributed by atoms with Crippen LogP contribution >= 0.6 is 0 Å². The van der Waals surface area contributed by atoms with Crippen LogP contribution in [0.3, 0.4) is 0 Å². The van der Waals surface area contributed by atoms with Gasteiger partial charge in [0, 0.05) is 32.5 Å². The number of hydrogen-bond acceptors (Lipinski definition) is 4. The third kappa shape index (κ3) is 3.89. The van der Waals surface area contributed by atoms with Gasteiger partial charge in [-0.15, -0.1) is 0 Å². The van der Waals surface area contributed by atoms with Crippen LogP contribution < -0.4 is 15.0 Å². The van der Waals surface area contributed by atoms with Crippen molar-refractivity contribution in [1.29, 1.82) is 0 Å². The van der Waals surface area contributed by atoms with Crippen LogP contribution in [0.4, 0.5) is 5.69 Å². The highest BCUT2D eigenvalue weighted by Gasteiger charge is 2.19. The third-order valence-electron chi connectivity index (χ3n) is 4.26. The van der Waals surface area contributed by atoms with Crippen molar-refractivity contribution < 1.29 is 9.47 Å². The van der Waals surface area contributed by atoms with Gasteiger partial charge in [0.2, 0.25) is 0 Å². The van der Waals surface area contributed by atoms with Gasteiger partial charge in [0.1, 0.15) is 11.9 Å². The standard InChI is InChI=1S/C17H26N2O2/c1-14-3-4-17(21-15-5-11-20-12-6-15)16(13-14)19-9-2-7-18-8-10-19/h3-4,13,15,18H,2,5-12H2,1H3. The minimum absolute atomic E-state index is 0.297. The maximum atomic E-state index is 6.29. The molecule has 1 aromatic carbocycles. The predicted octanol–water partition coefficient (Wildman–Crippen LogP) is 2.35. The summed E-state index contributed by atoms with van der Waals surface area (Å²) in [5, 5.41) is 3.46. The van der Waals surface area contributed by atoms with Crippen LogP contribution in [0.15, 0.2) is 18.2 Å². The fourth-order valence-electron chi connectivity index (χ4n) is 3.03. The van der Waals surface area contributed by atoms with E-state index >= 15 is 0 Å². The first-order valence-corrected chi connectivity index (χ1v) is 8.13. The Labute approximate surface area is 127 Å². The van der Waals surface area contributed by atoms with Crippen molar-refractivity contribution in [3.63, 3.8) is 0 Å². The molecule has 0 aromatic heterocycles. The van der Waals surface area contributed by atoms with Crippen molar-refractivity contribution in [3.05, 3.63) is 23.8 Å². The Morgan fingerprint density at radius 2 is 2.05 bits per heavy atom. The molecule has 4 nitrogen and oxygen atoms in total. The molecule has 2 aliphatic rings. The Morgan fingerprint density at radius 3 is 2.90 bits per heavy atom. The van der Waals surface area contributed by atoms with Crippen LogP contribution in [-0.2, 0) is 4.74 Å². The highest BCUT2D eigenvalue weighted by atomic mass is 16.5. The molecule has 0 saturated carbocycles. The third-order valence-corrected chi connectivity index (χ3v) is 4.26. The van der Waals surface area contributed by atoms with Gasteiger partial charge >= 0.3 is 0 Å². The lowest BCUT2D eigenvalue weighted by Gasteiger charge is -2.29. The second-order valence-corrected chi connectivity index (χ2v) is 5.99. The number of aryl methyl sites for hydroxylation is 1. The van der Waals surface area contributed by atoms with Gasteiger partial charge in [0.05, 0.1) is 18.9 Å². The molecule has 0 aliphatic carbocycles. The van der Waals surface area contributed by atoms with E-state index in [1.807, 2.05) is 0 Å². The number of ether oxygens (including phenoxy) is 2. The Hall–Kier alpha value is -1.26. The molecule has 0 atom stereocenters. The van der Waals surface area contributed by atoms with Gasteiger partial charge < -0.3 is 19.7 Å². The van der Waals surface area contributed by atoms with Gasteiger partial charge in [-0.05, 0) is 37.6 Å². The molecular weight excluding hydrogens is 264 g/mol. The maximum absolute atomic E-state index is 6.29. The number of nitrogens with zero attached hydrogens (tertiary/aromatic N) is 1. The van der Waals surface area contributed by atoms with Gasteiger partial charge in [-0.3, -0.25) is 0 Å². The molecule has 0 spiro atoms. The Morgan fingerprint density at radius 1 is 1.19 bits per heavy atom. The summed E-state index contributed by atoms with van der Waals surface area (Å²) in [7, 11) is 0. The molecule has 0 unspecified atom stereocenters. The lowest BCUT2D eigenvalue weighted by molar-refractivity contribution is 0.0257. The zero-order chi connectivity index (χ0) is 14.5. The Kier molecular flexibility index (Phi) is 4.99. The van der Waals surface area contributed by atoms with Crippen LogP contribution in [0.5, 0.6) is 5.75 Å². The second kappa shape index (κ2) is 7.14. The molecule has 1 aromatic rings. The normalized spacial score (nSPS) is 21.1. The van der Waals surface area contributed by atoms with E-state index in [-0.39, 0.29) is 0 Å². The van der Waals surface area contributed by atoms with E-state index < -0.39 is 0 Å². The molecule has 116 valence electrons. The van der Waals surface area contributed by atoms with E-state index in [2.05, 4.69) is 35.3 Å². The molecule has 3 rings (SSSR count). The van der Waals surface area contributed by atoms with Crippen molar-refractivity contribution in [2.24, 2.45) is 0 Å². The van der Waals surface area contributed by atoms with Crippen molar-refractivity contribution in [2.75, 3.05) is 44.3 Å². The molecule has 2 saturated heterocycles. The topological polar surface area (TPSA) is 33.7 Å². The van der Waals surface area contributed by atoms with Gasteiger partial charge in [-0.1, -0.05) is 6.07 Å². The van der Waals surface area contributed by atoms with E-state index in [1.165, 1.54) is 17.7 Å². The van der Waals surface area contributed by atoms with Crippen LogP contribution in [0, 0.1) is 6.92 Å². The maximum Gasteiger partial charge on any atom is 0.143 e. The predicted molar refractivity (Wildman–Crippen MR) is 85.3 cm³/mol. The van der Waals surface area contributed by atoms with E-state index in [4.69, 9.17) is 9.47 Å². The van der Waals surface area contributed by atoms with Crippen LogP contribution in [0.2, 0.25) is 0 Å². The average molecular weight is 290 g/mol. The summed E-state index contributed by atoms with van der Waals surface area (Å²) in [6.45, 7) is 8.09. The minimum Gasteiger partial charge on any atom is -0.488 e. The van der Waals surface area contributed by atoms with Crippen molar-refractivity contribution in [1.82, 2.24) is 5.32 Å². The Bertz CT molecular complexity index is 450. The molecule has 21 heavy (non-hydrogen) atoms. The van der Waals surface area contributed by atoms with Crippen LogP contribution in [0.1, 0.15) is 24.8 Å². The lowest BCUT2D eigenvalue weighted by Crippen LogP contribution is -2.30. The van der Waals surface area contributed by atoms with Crippen LogP contribution in [-0.4, -0.2) is 45.5 Å². The minimum atomic E-state index is 0.297. The summed E-state index contributed by atoms with van der Waals surface area (Å²) < 4.78 is 11.7. The summed E-state index contributed by atoms with van der Waals surface area (Å²) >= 11 is 0. The van der Waals surface area contributed by atoms with E-state index in [0.29, 0.717) is 6.10 Å². The van der Waals surface area contributed by atoms with Gasteiger partial charge in [-0.2, -0.15) is 0 Å². The van der Waals surface area contributed by atoms with Crippen LogP contribution in [0.25, 0.3) is 0 Å². The average Bonchev–Trinajstić information content (AvgIpc) is 2.79. The SMILES string of the molecule is Cc1ccc(OC2CCOCC2)c(N2CCCNCC2)c1. The number of nitrogens with one attached hydrogen (secondary N) is 1. The molecule has 4 heteroatoms. The Balaban J connectivity index is 1.78. The van der Waals surface area contributed by atoms with Gasteiger partial charge in [0.15, 0.2) is 0 Å². The molecule has 2 fully saturated rings. The molecule has 0 bridgehead atoms. The van der Waals surface area contributed by atoms with E-state index in [9.17, 15) is 0 Å². The van der Waals surface area contributed by atoms with E-state index in [1.54, 1.807) is 0 Å². The molecule has 2 aliphatic heterocycles. The molecule has 2 heterocycles. The first-order chi connectivity index (χ1) is 10.3. The largest absolute Gasteiger partial charge is 0.488 e. The zero-order valence-electron chi connectivity index (χ0n) is 12.9. The molecule has 0 amide bonds. The molecule has 0 radical (unpaired) electrons. The summed E-state index contributed by atoms with van der Waals surface area (Å²) in [4.78, 5) is 2.46. The molecular formula is C17H26N2O2. The number of anilines is 1. The first-order valence-electron chi connectivity index (χ1n) is 8.13. The zero-order valence-corrected chi connectivity index (χ0v) is 12.9. The second-order valence-electron chi connectivity index (χ2n) is 5.99. The van der Waals surface area contributed by atoms with Gasteiger partial charge in [-0.25, -0.2) is 0 Å². The van der Waals surface area contributed by atoms with Crippen molar-refractivity contribution in [2.45, 2.75) is 32.3 Å². The fourth-order valence-corrected chi connectivity index (χ4v) is 3.03. The number of benzene rings is 1. The summed E-state index contributed by atoms with van der Waals surface area (Å²) in [5.74, 6) is 1.04. The fraction of sp³-hybridized carbons (Fsp3) is 0.647. The van der Waals surface area contributed by atoms with Gasteiger partial charge in [0.25, 0.3) is 0 Å². The van der Waals surface area contributed by atoms with E-state index in [0.717, 1.165) is 58.0 Å². The number of hydrogen-bond donors (Lipinski definition) is 1. The van der Waals surface area contributed by atoms with Crippen molar-refractivity contribution in [3.8, 4) is 5.75 Å². The monoisotopic (exact) mass is 290 g/mol. The highest BCUT2D eigenvalue weighted by molar-refractivity contribution is 5.60. The summed E-state index contributed by atoms with van der Waals surface area (Å²) in [6.07, 6.45) is 3.47.